The van der Waals surface area contributed by atoms with Crippen LogP contribution in [0.4, 0.5) is 0 Å². The Morgan fingerprint density at radius 3 is 2.95 bits per heavy atom. The second kappa shape index (κ2) is 4.78. The first-order valence-corrected chi connectivity index (χ1v) is 5.96. The number of nitrogens with zero attached hydrogens (tertiary/aromatic N) is 4. The van der Waals surface area contributed by atoms with Gasteiger partial charge in [0.25, 0.3) is 11.7 Å². The molecule has 0 fully saturated rings. The highest BCUT2D eigenvalue weighted by Crippen LogP contribution is 2.26. The second-order valence-electron chi connectivity index (χ2n) is 3.85. The molecule has 20 heavy (non-hydrogen) atoms. The highest BCUT2D eigenvalue weighted by molar-refractivity contribution is 6.29. The van der Waals surface area contributed by atoms with E-state index in [0.717, 1.165) is 0 Å². The molecule has 8 heteroatoms. The zero-order valence-electron chi connectivity index (χ0n) is 10.0. The lowest BCUT2D eigenvalue weighted by molar-refractivity contribution is 0.0998. The number of hydrogen-bond acceptors (Lipinski definition) is 5. The lowest BCUT2D eigenvalue weighted by Gasteiger charge is -2.09. The van der Waals surface area contributed by atoms with Gasteiger partial charge in [0.05, 0.1) is 5.56 Å². The molecule has 2 heterocycles. The SMILES string of the molecule is NC(=O)c1ccccc1Oc1cc(Cl)nc2ncnn12. The second-order valence-corrected chi connectivity index (χ2v) is 4.24. The number of hydrogen-bond donors (Lipinski definition) is 1. The number of rotatable bonds is 3. The molecular formula is C12H8ClN5O2. The van der Waals surface area contributed by atoms with Gasteiger partial charge in [0.2, 0.25) is 5.88 Å². The van der Waals surface area contributed by atoms with Crippen molar-refractivity contribution in [2.75, 3.05) is 0 Å². The highest BCUT2D eigenvalue weighted by Gasteiger charge is 2.13. The van der Waals surface area contributed by atoms with Crippen molar-refractivity contribution in [1.29, 1.82) is 0 Å². The molecule has 2 N–H and O–H groups in total. The first-order valence-electron chi connectivity index (χ1n) is 5.58. The molecule has 0 spiro atoms. The molecular weight excluding hydrogens is 282 g/mol. The molecule has 1 aromatic carbocycles. The first-order chi connectivity index (χ1) is 9.65. The number of para-hydroxylation sites is 1. The van der Waals surface area contributed by atoms with Crippen LogP contribution in [0.3, 0.4) is 0 Å². The van der Waals surface area contributed by atoms with Crippen molar-refractivity contribution in [3.63, 3.8) is 0 Å². The summed E-state index contributed by atoms with van der Waals surface area (Å²) >= 11 is 5.89. The predicted octanol–water partition coefficient (Wildman–Crippen LogP) is 1.67. The largest absolute Gasteiger partial charge is 0.438 e. The van der Waals surface area contributed by atoms with Gasteiger partial charge in [-0.3, -0.25) is 4.79 Å². The lowest BCUT2D eigenvalue weighted by atomic mass is 10.2. The summed E-state index contributed by atoms with van der Waals surface area (Å²) in [5.41, 5.74) is 5.56. The van der Waals surface area contributed by atoms with Crippen LogP contribution in [0.1, 0.15) is 10.4 Å². The van der Waals surface area contributed by atoms with Crippen molar-refractivity contribution in [2.45, 2.75) is 0 Å². The summed E-state index contributed by atoms with van der Waals surface area (Å²) in [5.74, 6) is 0.296. The van der Waals surface area contributed by atoms with E-state index in [0.29, 0.717) is 11.5 Å². The molecule has 0 aliphatic heterocycles. The molecule has 1 amide bonds. The zero-order valence-corrected chi connectivity index (χ0v) is 10.8. The van der Waals surface area contributed by atoms with Gasteiger partial charge in [-0.05, 0) is 12.1 Å². The monoisotopic (exact) mass is 289 g/mol. The van der Waals surface area contributed by atoms with Crippen LogP contribution in [0.15, 0.2) is 36.7 Å². The lowest BCUT2D eigenvalue weighted by Crippen LogP contribution is -2.12. The number of aromatic nitrogens is 4. The summed E-state index contributed by atoms with van der Waals surface area (Å²) in [6.07, 6.45) is 1.32. The van der Waals surface area contributed by atoms with Gasteiger partial charge >= 0.3 is 0 Å². The molecule has 0 aliphatic carbocycles. The standard InChI is InChI=1S/C12H8ClN5O2/c13-9-5-10(18-12(17-9)15-6-16-18)20-8-4-2-1-3-7(8)11(14)19/h1-6H,(H2,14,19). The normalized spacial score (nSPS) is 10.7. The number of fused-ring (bicyclic) bond motifs is 1. The highest BCUT2D eigenvalue weighted by atomic mass is 35.5. The van der Waals surface area contributed by atoms with Crippen LogP contribution in [0, 0.1) is 0 Å². The molecule has 0 saturated carbocycles. The van der Waals surface area contributed by atoms with E-state index in [1.165, 1.54) is 16.9 Å². The Balaban J connectivity index is 2.10. The Morgan fingerprint density at radius 1 is 1.35 bits per heavy atom. The van der Waals surface area contributed by atoms with E-state index in [4.69, 9.17) is 22.1 Å². The summed E-state index contributed by atoms with van der Waals surface area (Å²) in [4.78, 5) is 19.3. The first kappa shape index (κ1) is 12.4. The van der Waals surface area contributed by atoms with Crippen LogP contribution in [-0.2, 0) is 0 Å². The average molecular weight is 290 g/mol. The van der Waals surface area contributed by atoms with Crippen LogP contribution >= 0.6 is 11.6 Å². The third-order valence-corrected chi connectivity index (χ3v) is 2.75. The molecule has 100 valence electrons. The van der Waals surface area contributed by atoms with E-state index in [-0.39, 0.29) is 16.6 Å². The molecule has 0 bridgehead atoms. The van der Waals surface area contributed by atoms with Gasteiger partial charge in [-0.2, -0.15) is 19.6 Å². The number of ether oxygens (including phenoxy) is 1. The summed E-state index contributed by atoms with van der Waals surface area (Å²) in [7, 11) is 0. The van der Waals surface area contributed by atoms with E-state index in [1.54, 1.807) is 24.3 Å². The summed E-state index contributed by atoms with van der Waals surface area (Å²) in [6, 6.07) is 8.08. The summed E-state index contributed by atoms with van der Waals surface area (Å²) in [6.45, 7) is 0. The smallest absolute Gasteiger partial charge is 0.256 e. The molecule has 2 aromatic heterocycles. The Kier molecular flexibility index (Phi) is 2.96. The number of carbonyl (C=O) groups is 1. The summed E-state index contributed by atoms with van der Waals surface area (Å²) < 4.78 is 7.02. The van der Waals surface area contributed by atoms with Gasteiger partial charge < -0.3 is 10.5 Å². The fourth-order valence-electron chi connectivity index (χ4n) is 1.70. The molecule has 7 nitrogen and oxygen atoms in total. The van der Waals surface area contributed by atoms with E-state index in [1.807, 2.05) is 0 Å². The van der Waals surface area contributed by atoms with E-state index < -0.39 is 5.91 Å². The van der Waals surface area contributed by atoms with E-state index >= 15 is 0 Å². The van der Waals surface area contributed by atoms with Gasteiger partial charge in [-0.25, -0.2) is 0 Å². The molecule has 0 saturated heterocycles. The van der Waals surface area contributed by atoms with Crippen LogP contribution in [-0.4, -0.2) is 25.5 Å². The maximum absolute atomic E-state index is 11.4. The predicted molar refractivity (Wildman–Crippen MR) is 70.8 cm³/mol. The molecule has 0 unspecified atom stereocenters. The Labute approximate surface area is 118 Å². The molecule has 3 aromatic rings. The topological polar surface area (TPSA) is 95.4 Å². The van der Waals surface area contributed by atoms with Crippen molar-refractivity contribution in [2.24, 2.45) is 5.73 Å². The maximum Gasteiger partial charge on any atom is 0.256 e. The number of halogens is 1. The van der Waals surface area contributed by atoms with Gasteiger partial charge in [0.15, 0.2) is 0 Å². The zero-order chi connectivity index (χ0) is 14.1. The number of nitrogens with two attached hydrogens (primary N) is 1. The molecule has 0 atom stereocenters. The fourth-order valence-corrected chi connectivity index (χ4v) is 1.87. The Morgan fingerprint density at radius 2 is 2.15 bits per heavy atom. The minimum absolute atomic E-state index is 0.206. The number of carbonyl (C=O) groups excluding carboxylic acids is 1. The fraction of sp³-hybridized carbons (Fsp3) is 0. The van der Waals surface area contributed by atoms with Gasteiger partial charge in [0.1, 0.15) is 17.2 Å². The number of benzene rings is 1. The molecule has 0 aliphatic rings. The quantitative estimate of drug-likeness (QED) is 0.740. The van der Waals surface area contributed by atoms with Crippen LogP contribution in [0.5, 0.6) is 11.6 Å². The van der Waals surface area contributed by atoms with Crippen molar-refractivity contribution in [3.8, 4) is 11.6 Å². The van der Waals surface area contributed by atoms with Crippen molar-refractivity contribution in [3.05, 3.63) is 47.4 Å². The average Bonchev–Trinajstić information content (AvgIpc) is 2.87. The van der Waals surface area contributed by atoms with Crippen LogP contribution in [0.25, 0.3) is 5.78 Å². The molecule has 3 rings (SSSR count). The maximum atomic E-state index is 11.4. The van der Waals surface area contributed by atoms with Crippen molar-refractivity contribution < 1.29 is 9.53 Å². The van der Waals surface area contributed by atoms with Crippen LogP contribution in [0.2, 0.25) is 5.15 Å². The Bertz CT molecular complexity index is 801. The Hall–Kier alpha value is -2.67. The van der Waals surface area contributed by atoms with Gasteiger partial charge in [-0.15, -0.1) is 0 Å². The third-order valence-electron chi connectivity index (χ3n) is 2.55. The third kappa shape index (κ3) is 2.14. The number of primary amides is 1. The minimum atomic E-state index is -0.587. The molecule has 0 radical (unpaired) electrons. The number of amides is 1. The van der Waals surface area contributed by atoms with E-state index in [9.17, 15) is 4.79 Å². The van der Waals surface area contributed by atoms with Crippen molar-refractivity contribution in [1.82, 2.24) is 19.6 Å². The minimum Gasteiger partial charge on any atom is -0.438 e. The van der Waals surface area contributed by atoms with Gasteiger partial charge in [-0.1, -0.05) is 23.7 Å². The van der Waals surface area contributed by atoms with Crippen molar-refractivity contribution >= 4 is 23.3 Å². The van der Waals surface area contributed by atoms with Crippen LogP contribution < -0.4 is 10.5 Å². The van der Waals surface area contributed by atoms with Gasteiger partial charge in [0, 0.05) is 6.07 Å². The van der Waals surface area contributed by atoms with E-state index in [2.05, 4.69) is 15.1 Å². The summed E-state index contributed by atoms with van der Waals surface area (Å²) in [5, 5.41) is 4.18.